The molecule has 0 unspecified atom stereocenters. The Bertz CT molecular complexity index is 5930. The minimum absolute atomic E-state index is 0.291. The molecule has 9 heterocycles. The molecule has 0 bridgehead atoms. The summed E-state index contributed by atoms with van der Waals surface area (Å²) in [5.41, 5.74) is 31.3. The van der Waals surface area contributed by atoms with Crippen LogP contribution >= 0.6 is 34.0 Å². The molecule has 2 aliphatic carbocycles. The van der Waals surface area contributed by atoms with Gasteiger partial charge in [-0.15, -0.1) is 11.3 Å². The number of phenols is 1. The fourth-order valence-corrected chi connectivity index (χ4v) is 17.3. The van der Waals surface area contributed by atoms with Gasteiger partial charge in [0.25, 0.3) is 0 Å². The Labute approximate surface area is 652 Å². The van der Waals surface area contributed by atoms with Crippen molar-refractivity contribution in [2.75, 3.05) is 0 Å². The maximum absolute atomic E-state index is 9.33. The average Bonchev–Trinajstić information content (AvgIpc) is 1.69. The van der Waals surface area contributed by atoms with Crippen molar-refractivity contribution in [2.45, 2.75) is 76.5 Å². The van der Waals surface area contributed by atoms with E-state index in [1.54, 1.807) is 34.8 Å². The first-order valence-corrected chi connectivity index (χ1v) is 40.3. The Kier molecular flexibility index (Phi) is 22.8. The molecule has 1 saturated carbocycles. The second kappa shape index (κ2) is 35.0. The number of para-hydroxylation sites is 1. The molecule has 110 heavy (non-hydrogen) atoms. The molecular formula is C95H83N11OS3. The van der Waals surface area contributed by atoms with Gasteiger partial charge in [0.05, 0.1) is 28.5 Å². The lowest BCUT2D eigenvalue weighted by atomic mass is 9.83. The van der Waals surface area contributed by atoms with E-state index in [-0.39, 0.29) is 0 Å². The number of thiophene rings is 3. The molecule has 0 saturated heterocycles. The van der Waals surface area contributed by atoms with Crippen molar-refractivity contribution in [3.05, 3.63) is 390 Å². The number of fused-ring (bicyclic) bond motifs is 5. The minimum Gasteiger partial charge on any atom is -0.508 e. The third kappa shape index (κ3) is 17.9. The van der Waals surface area contributed by atoms with Gasteiger partial charge < -0.3 is 10.1 Å². The highest BCUT2D eigenvalue weighted by atomic mass is 32.1. The monoisotopic (exact) mass is 1490 g/mol. The van der Waals surface area contributed by atoms with Crippen molar-refractivity contribution in [1.82, 2.24) is 56.0 Å². The van der Waals surface area contributed by atoms with Crippen LogP contribution in [-0.4, -0.2) is 61.1 Å². The lowest BCUT2D eigenvalue weighted by Gasteiger charge is -2.21. The standard InChI is InChI=1S/C22H18N2S.C20H22N2S.C18H15N3.C18H14N2OS.C17H14N2/c1-3-7-17(8-4-1)11-12-19-15-25-16-21(19)22-14-20(23-24-22)13-18-9-5-2-6-10-18;1-3-7-15(8-4-1)11-17-12-20(22-21-17)19-14-23-13-18(19)16-9-5-2-6-10-16;1-2-6-13(7-3-1)10-14-11-18(21-20-14)16-12-19-17-9-5-4-8-15(16)17;21-14-7-5-12(6-8-14)9-13-10-17(20-19-13)16-11-22-18-4-2-1-3-15(16)18;1-2-6-12(7-3-1)10-15-17-14-9-5-4-8-13(14)11-16(17)19-18-15/h1-12,14-16H,13H2,(H,23,24);1,3-4,7-8,12-14,16H,2,5-6,9-11H2,(H,21,22);1-9,11-12,19H,10H2,(H,20,21);1-8,10-11,21H,9H2,(H,19,20);1-9H,10-11H2,(H,18,19)/b12-11+;;;;. The van der Waals surface area contributed by atoms with Crippen LogP contribution in [0.1, 0.15) is 122 Å². The average molecular weight is 1490 g/mol. The molecule has 12 nitrogen and oxygen atoms in total. The van der Waals surface area contributed by atoms with Gasteiger partial charge in [-0.05, 0) is 134 Å². The van der Waals surface area contributed by atoms with Crippen LogP contribution in [0.15, 0.2) is 306 Å². The number of nitrogens with zero attached hydrogens (tertiary/aromatic N) is 5. The van der Waals surface area contributed by atoms with Gasteiger partial charge in [-0.25, -0.2) is 0 Å². The van der Waals surface area contributed by atoms with Crippen LogP contribution in [0.2, 0.25) is 0 Å². The number of H-pyrrole nitrogens is 6. The highest BCUT2D eigenvalue weighted by Gasteiger charge is 2.25. The first-order valence-electron chi connectivity index (χ1n) is 37.5. The second-order valence-electron chi connectivity index (χ2n) is 27.9. The molecule has 0 spiro atoms. The summed E-state index contributed by atoms with van der Waals surface area (Å²) in [6, 6.07) is 93.5. The maximum Gasteiger partial charge on any atom is 0.115 e. The number of benzene rings is 9. The van der Waals surface area contributed by atoms with Crippen LogP contribution in [0.25, 0.3) is 89.3 Å². The molecule has 20 rings (SSSR count). The molecule has 9 aromatic heterocycles. The molecule has 542 valence electrons. The van der Waals surface area contributed by atoms with Crippen molar-refractivity contribution in [3.8, 4) is 61.9 Å². The van der Waals surface area contributed by atoms with Crippen molar-refractivity contribution >= 4 is 67.2 Å². The molecule has 7 N–H and O–H groups in total. The number of hydrogen-bond acceptors (Lipinski definition) is 9. The van der Waals surface area contributed by atoms with E-state index in [1.807, 2.05) is 60.0 Å². The fourth-order valence-electron chi connectivity index (χ4n) is 14.6. The predicted molar refractivity (Wildman–Crippen MR) is 455 cm³/mol. The van der Waals surface area contributed by atoms with Gasteiger partial charge in [-0.3, -0.25) is 25.5 Å². The van der Waals surface area contributed by atoms with Crippen LogP contribution in [0, 0.1) is 0 Å². The third-order valence-electron chi connectivity index (χ3n) is 20.2. The zero-order chi connectivity index (χ0) is 74.1. The fraction of sp³-hybridized carbons (Fsp3) is 0.126. The molecule has 0 radical (unpaired) electrons. The summed E-state index contributed by atoms with van der Waals surface area (Å²) in [6.07, 6.45) is 18.4. The summed E-state index contributed by atoms with van der Waals surface area (Å²) >= 11 is 5.26. The van der Waals surface area contributed by atoms with Crippen molar-refractivity contribution in [2.24, 2.45) is 0 Å². The van der Waals surface area contributed by atoms with E-state index in [9.17, 15) is 5.11 Å². The van der Waals surface area contributed by atoms with Crippen molar-refractivity contribution < 1.29 is 5.11 Å². The van der Waals surface area contributed by atoms with Crippen molar-refractivity contribution in [3.63, 3.8) is 0 Å². The quantitative estimate of drug-likeness (QED) is 0.0477. The predicted octanol–water partition coefficient (Wildman–Crippen LogP) is 24.0. The van der Waals surface area contributed by atoms with Crippen LogP contribution in [0.4, 0.5) is 0 Å². The van der Waals surface area contributed by atoms with E-state index in [1.165, 1.54) is 131 Å². The molecule has 0 atom stereocenters. The minimum atomic E-state index is 0.291. The Morgan fingerprint density at radius 1 is 0.382 bits per heavy atom. The largest absolute Gasteiger partial charge is 0.508 e. The van der Waals surface area contributed by atoms with E-state index in [2.05, 4.69) is 313 Å². The zero-order valence-corrected chi connectivity index (χ0v) is 63.3. The van der Waals surface area contributed by atoms with E-state index >= 15 is 0 Å². The molecule has 1 fully saturated rings. The molecule has 2 aliphatic rings. The number of aromatic amines is 6. The summed E-state index contributed by atoms with van der Waals surface area (Å²) in [4.78, 5) is 3.29. The van der Waals surface area contributed by atoms with Crippen LogP contribution < -0.4 is 0 Å². The normalized spacial score (nSPS) is 12.3. The number of nitrogens with one attached hydrogen (secondary N) is 6. The van der Waals surface area contributed by atoms with Crippen LogP contribution in [-0.2, 0) is 38.5 Å². The molecule has 0 aliphatic heterocycles. The smallest absolute Gasteiger partial charge is 0.115 e. The van der Waals surface area contributed by atoms with E-state index in [0.717, 1.165) is 107 Å². The summed E-state index contributed by atoms with van der Waals surface area (Å²) in [5, 5.41) is 61.3. The zero-order valence-electron chi connectivity index (χ0n) is 60.9. The third-order valence-corrected chi connectivity index (χ3v) is 22.7. The van der Waals surface area contributed by atoms with Gasteiger partial charge in [0.1, 0.15) is 5.75 Å². The second-order valence-corrected chi connectivity index (χ2v) is 30.3. The molecule has 15 heteroatoms. The number of phenolic OH excluding ortho intramolecular Hbond substituents is 1. The molecular weight excluding hydrogens is 1410 g/mol. The van der Waals surface area contributed by atoms with Crippen molar-refractivity contribution in [1.29, 1.82) is 0 Å². The first-order chi connectivity index (χ1) is 54.4. The Morgan fingerprint density at radius 2 is 0.864 bits per heavy atom. The van der Waals surface area contributed by atoms with Gasteiger partial charge in [0.2, 0.25) is 0 Å². The van der Waals surface area contributed by atoms with Crippen LogP contribution in [0.3, 0.4) is 0 Å². The van der Waals surface area contributed by atoms with E-state index in [0.29, 0.717) is 5.75 Å². The summed E-state index contributed by atoms with van der Waals surface area (Å²) in [7, 11) is 0. The van der Waals surface area contributed by atoms with Gasteiger partial charge >= 0.3 is 0 Å². The van der Waals surface area contributed by atoms with E-state index in [4.69, 9.17) is 0 Å². The Balaban J connectivity index is 0.000000105. The SMILES string of the molecule is C(=C\c1cscc1-c1cc(Cc2ccccc2)[nH]n1)/c1ccccc1.Oc1ccc(Cc2cc(-c3csc4ccccc34)n[nH]2)cc1.c1ccc(Cc2cc(-c3c[nH]c4ccccc34)n[nH]2)cc1.c1ccc(Cc2cc(-c3cscc3C3CCCCC3)n[nH]2)cc1.c1ccc(Cc2n[nH]c3c2-c2ccccc2C3)cc1. The molecule has 18 aromatic rings. The highest BCUT2D eigenvalue weighted by molar-refractivity contribution is 7.17. The van der Waals surface area contributed by atoms with Gasteiger partial charge in [0.15, 0.2) is 0 Å². The molecule has 0 amide bonds. The number of hydrogen-bond donors (Lipinski definition) is 7. The lowest BCUT2D eigenvalue weighted by molar-refractivity contribution is 0.445. The maximum atomic E-state index is 9.33. The topological polar surface area (TPSA) is 179 Å². The number of rotatable bonds is 17. The summed E-state index contributed by atoms with van der Waals surface area (Å²) in [5.74, 6) is 1.03. The number of aromatic nitrogens is 11. The first kappa shape index (κ1) is 71.7. The molecule has 9 aromatic carbocycles. The van der Waals surface area contributed by atoms with Gasteiger partial charge in [-0.1, -0.05) is 256 Å². The number of aromatic hydroxyl groups is 1. The van der Waals surface area contributed by atoms with Crippen LogP contribution in [0.5, 0.6) is 5.75 Å². The Hall–Kier alpha value is -12.5. The lowest BCUT2D eigenvalue weighted by Crippen LogP contribution is -2.04. The summed E-state index contributed by atoms with van der Waals surface area (Å²) < 4.78 is 1.28. The summed E-state index contributed by atoms with van der Waals surface area (Å²) in [6.45, 7) is 0. The van der Waals surface area contributed by atoms with Gasteiger partial charge in [-0.2, -0.15) is 48.2 Å². The van der Waals surface area contributed by atoms with Gasteiger partial charge in [0, 0.05) is 138 Å². The highest BCUT2D eigenvalue weighted by Crippen LogP contribution is 2.42. The Morgan fingerprint density at radius 3 is 1.47 bits per heavy atom. The van der Waals surface area contributed by atoms with E-state index < -0.39 is 0 Å².